The van der Waals surface area contributed by atoms with Crippen molar-refractivity contribution >= 4 is 15.9 Å². The van der Waals surface area contributed by atoms with Gasteiger partial charge in [0.2, 0.25) is 0 Å². The van der Waals surface area contributed by atoms with E-state index in [1.54, 1.807) is 13.0 Å². The van der Waals surface area contributed by atoms with E-state index in [0.29, 0.717) is 12.4 Å². The van der Waals surface area contributed by atoms with Crippen molar-refractivity contribution in [2.24, 2.45) is 0 Å². The molecular weight excluding hydrogens is 263 g/mol. The van der Waals surface area contributed by atoms with Crippen LogP contribution in [0.1, 0.15) is 11.4 Å². The Labute approximate surface area is 94.2 Å². The van der Waals surface area contributed by atoms with Gasteiger partial charge < -0.3 is 0 Å². The lowest BCUT2D eigenvalue weighted by molar-refractivity contribution is 0.564. The normalized spacial score (nSPS) is 10.6. The number of aromatic nitrogens is 4. The maximum Gasteiger partial charge on any atom is 0.171 e. The highest BCUT2D eigenvalue weighted by molar-refractivity contribution is 9.10. The van der Waals surface area contributed by atoms with Crippen molar-refractivity contribution < 1.29 is 4.39 Å². The molecule has 0 radical (unpaired) electrons. The first-order valence-corrected chi connectivity index (χ1v) is 5.13. The molecule has 0 bridgehead atoms. The summed E-state index contributed by atoms with van der Waals surface area (Å²) < 4.78 is 13.8. The molecule has 0 saturated heterocycles. The van der Waals surface area contributed by atoms with Gasteiger partial charge in [0.25, 0.3) is 0 Å². The molecule has 0 fully saturated rings. The van der Waals surface area contributed by atoms with Crippen LogP contribution in [0.15, 0.2) is 22.7 Å². The van der Waals surface area contributed by atoms with Gasteiger partial charge in [-0.05, 0) is 35.9 Å². The van der Waals surface area contributed by atoms with E-state index < -0.39 is 0 Å². The fourth-order valence-electron chi connectivity index (χ4n) is 1.21. The van der Waals surface area contributed by atoms with Crippen LogP contribution in [0, 0.1) is 12.7 Å². The quantitative estimate of drug-likeness (QED) is 0.838. The molecule has 0 aliphatic carbocycles. The van der Waals surface area contributed by atoms with E-state index in [-0.39, 0.29) is 5.82 Å². The van der Waals surface area contributed by atoms with Crippen LogP contribution >= 0.6 is 15.9 Å². The second-order valence-corrected chi connectivity index (χ2v) is 3.96. The average Bonchev–Trinajstić information content (AvgIpc) is 2.58. The van der Waals surface area contributed by atoms with E-state index in [1.165, 1.54) is 16.9 Å². The molecular formula is C9H8BrFN4. The van der Waals surface area contributed by atoms with Gasteiger partial charge in [-0.15, -0.1) is 10.2 Å². The fraction of sp³-hybridized carbons (Fsp3) is 0.222. The second-order valence-electron chi connectivity index (χ2n) is 3.10. The molecule has 0 amide bonds. The maximum absolute atomic E-state index is 13.0. The largest absolute Gasteiger partial charge is 0.207 e. The van der Waals surface area contributed by atoms with E-state index in [1.807, 2.05) is 0 Å². The predicted octanol–water partition coefficient (Wildman–Crippen LogP) is 1.93. The number of nitrogens with zero attached hydrogens (tertiary/aromatic N) is 4. The Hall–Kier alpha value is -1.30. The first-order valence-electron chi connectivity index (χ1n) is 4.33. The molecule has 6 heteroatoms. The van der Waals surface area contributed by atoms with Crippen molar-refractivity contribution in [1.29, 1.82) is 0 Å². The van der Waals surface area contributed by atoms with E-state index >= 15 is 0 Å². The average molecular weight is 271 g/mol. The Kier molecular flexibility index (Phi) is 2.77. The van der Waals surface area contributed by atoms with Crippen LogP contribution in [0.2, 0.25) is 0 Å². The van der Waals surface area contributed by atoms with Crippen molar-refractivity contribution in [3.63, 3.8) is 0 Å². The van der Waals surface area contributed by atoms with Gasteiger partial charge in [0.15, 0.2) is 5.82 Å². The second kappa shape index (κ2) is 4.06. The third kappa shape index (κ3) is 2.38. The molecule has 78 valence electrons. The van der Waals surface area contributed by atoms with Crippen molar-refractivity contribution in [1.82, 2.24) is 20.2 Å². The monoisotopic (exact) mass is 270 g/mol. The lowest BCUT2D eigenvalue weighted by Crippen LogP contribution is -2.05. The van der Waals surface area contributed by atoms with Crippen molar-refractivity contribution in [2.45, 2.75) is 13.5 Å². The van der Waals surface area contributed by atoms with Crippen LogP contribution in [-0.4, -0.2) is 20.2 Å². The number of hydrogen-bond acceptors (Lipinski definition) is 3. The Morgan fingerprint density at radius 1 is 1.47 bits per heavy atom. The summed E-state index contributed by atoms with van der Waals surface area (Å²) in [5.74, 6) is 0.326. The minimum atomic E-state index is -0.273. The number of benzene rings is 1. The fourth-order valence-corrected chi connectivity index (χ4v) is 1.58. The zero-order valence-electron chi connectivity index (χ0n) is 7.98. The molecule has 15 heavy (non-hydrogen) atoms. The minimum Gasteiger partial charge on any atom is -0.207 e. The summed E-state index contributed by atoms with van der Waals surface area (Å²) in [5.41, 5.74) is 0.785. The van der Waals surface area contributed by atoms with Gasteiger partial charge in [0, 0.05) is 4.47 Å². The number of halogens is 2. The number of rotatable bonds is 2. The van der Waals surface area contributed by atoms with Crippen LogP contribution in [0.5, 0.6) is 0 Å². The number of tetrazole rings is 1. The van der Waals surface area contributed by atoms with Gasteiger partial charge in [0.1, 0.15) is 5.82 Å². The molecule has 0 aliphatic rings. The van der Waals surface area contributed by atoms with Gasteiger partial charge in [-0.1, -0.05) is 15.9 Å². The summed E-state index contributed by atoms with van der Waals surface area (Å²) >= 11 is 3.34. The summed E-state index contributed by atoms with van der Waals surface area (Å²) in [5, 5.41) is 11.6. The van der Waals surface area contributed by atoms with Crippen molar-refractivity contribution in [3.05, 3.63) is 39.9 Å². The smallest absolute Gasteiger partial charge is 0.171 e. The van der Waals surface area contributed by atoms with Gasteiger partial charge >= 0.3 is 0 Å². The zero-order chi connectivity index (χ0) is 10.8. The summed E-state index contributed by atoms with van der Waals surface area (Å²) in [7, 11) is 0. The topological polar surface area (TPSA) is 43.6 Å². The van der Waals surface area contributed by atoms with Crippen LogP contribution in [0.3, 0.4) is 0 Å². The Morgan fingerprint density at radius 2 is 2.27 bits per heavy atom. The van der Waals surface area contributed by atoms with Crippen LogP contribution < -0.4 is 0 Å². The van der Waals surface area contributed by atoms with Crippen LogP contribution in [0.4, 0.5) is 4.39 Å². The SMILES string of the molecule is Cc1nnn(Cc2cc(F)ccc2Br)n1. The summed E-state index contributed by atoms with van der Waals surface area (Å²) in [4.78, 5) is 1.43. The summed E-state index contributed by atoms with van der Waals surface area (Å²) in [6.45, 7) is 2.16. The molecule has 0 saturated carbocycles. The van der Waals surface area contributed by atoms with E-state index in [0.717, 1.165) is 10.0 Å². The van der Waals surface area contributed by atoms with E-state index in [4.69, 9.17) is 0 Å². The van der Waals surface area contributed by atoms with Gasteiger partial charge in [-0.3, -0.25) is 0 Å². The first-order chi connectivity index (χ1) is 7.15. The van der Waals surface area contributed by atoms with Crippen LogP contribution in [0.25, 0.3) is 0 Å². The highest BCUT2D eigenvalue weighted by Gasteiger charge is 2.04. The molecule has 1 aromatic heterocycles. The molecule has 4 nitrogen and oxygen atoms in total. The third-order valence-corrected chi connectivity index (χ3v) is 2.65. The highest BCUT2D eigenvalue weighted by atomic mass is 79.9. The lowest BCUT2D eigenvalue weighted by Gasteiger charge is -2.02. The highest BCUT2D eigenvalue weighted by Crippen LogP contribution is 2.18. The molecule has 0 spiro atoms. The molecule has 1 heterocycles. The third-order valence-electron chi connectivity index (χ3n) is 1.87. The van der Waals surface area contributed by atoms with E-state index in [2.05, 4.69) is 31.3 Å². The molecule has 0 aliphatic heterocycles. The molecule has 2 rings (SSSR count). The Bertz CT molecular complexity index is 483. The van der Waals surface area contributed by atoms with Crippen LogP contribution in [-0.2, 0) is 6.54 Å². The standard InChI is InChI=1S/C9H8BrFN4/c1-6-12-14-15(13-6)5-7-4-8(11)2-3-9(7)10/h2-4H,5H2,1H3. The predicted molar refractivity (Wildman–Crippen MR) is 55.8 cm³/mol. The number of hydrogen-bond donors (Lipinski definition) is 0. The van der Waals surface area contributed by atoms with Crippen molar-refractivity contribution in [3.8, 4) is 0 Å². The lowest BCUT2D eigenvalue weighted by atomic mass is 10.2. The van der Waals surface area contributed by atoms with E-state index in [9.17, 15) is 4.39 Å². The van der Waals surface area contributed by atoms with Gasteiger partial charge in [-0.25, -0.2) is 4.39 Å². The minimum absolute atomic E-state index is 0.273. The first kappa shape index (κ1) is 10.2. The molecule has 0 unspecified atom stereocenters. The summed E-state index contributed by atoms with van der Waals surface area (Å²) in [6, 6.07) is 4.50. The zero-order valence-corrected chi connectivity index (χ0v) is 9.57. The molecule has 1 aromatic carbocycles. The molecule has 2 aromatic rings. The Balaban J connectivity index is 2.27. The van der Waals surface area contributed by atoms with Gasteiger partial charge in [0.05, 0.1) is 6.54 Å². The Morgan fingerprint density at radius 3 is 2.93 bits per heavy atom. The van der Waals surface area contributed by atoms with Crippen molar-refractivity contribution in [2.75, 3.05) is 0 Å². The molecule has 0 atom stereocenters. The van der Waals surface area contributed by atoms with Gasteiger partial charge in [-0.2, -0.15) is 4.80 Å². The number of aryl methyl sites for hydroxylation is 1. The summed E-state index contributed by atoms with van der Waals surface area (Å²) in [6.07, 6.45) is 0. The maximum atomic E-state index is 13.0. The molecule has 0 N–H and O–H groups in total.